The quantitative estimate of drug-likeness (QED) is 0.867. The van der Waals surface area contributed by atoms with Gasteiger partial charge in [-0.3, -0.25) is 14.6 Å². The van der Waals surface area contributed by atoms with Gasteiger partial charge in [-0.05, 0) is 31.3 Å². The largest absolute Gasteiger partial charge is 0.296 e. The number of aromatic nitrogens is 4. The lowest BCUT2D eigenvalue weighted by Gasteiger charge is -2.14. The van der Waals surface area contributed by atoms with Gasteiger partial charge in [0.05, 0.1) is 5.75 Å². The van der Waals surface area contributed by atoms with Gasteiger partial charge in [0, 0.05) is 30.3 Å². The van der Waals surface area contributed by atoms with Crippen molar-refractivity contribution in [2.75, 3.05) is 12.0 Å². The highest BCUT2D eigenvalue weighted by molar-refractivity contribution is 7.90. The molecule has 0 fully saturated rings. The van der Waals surface area contributed by atoms with Gasteiger partial charge in [0.15, 0.2) is 10.6 Å². The number of nitrogens with one attached hydrogen (secondary N) is 1. The van der Waals surface area contributed by atoms with Crippen LogP contribution in [0.1, 0.15) is 13.0 Å². The number of sulfone groups is 1. The van der Waals surface area contributed by atoms with E-state index in [1.54, 1.807) is 30.0 Å². The summed E-state index contributed by atoms with van der Waals surface area (Å²) in [7, 11) is -3.09. The van der Waals surface area contributed by atoms with E-state index in [4.69, 9.17) is 12.2 Å². The highest BCUT2D eigenvalue weighted by Gasteiger charge is 2.18. The van der Waals surface area contributed by atoms with Crippen LogP contribution in [-0.2, 0) is 9.84 Å². The van der Waals surface area contributed by atoms with E-state index < -0.39 is 9.84 Å². The van der Waals surface area contributed by atoms with Crippen LogP contribution in [0.5, 0.6) is 0 Å². The Bertz CT molecular complexity index is 719. The van der Waals surface area contributed by atoms with Crippen LogP contribution in [0.2, 0.25) is 0 Å². The molecule has 2 heterocycles. The van der Waals surface area contributed by atoms with E-state index in [9.17, 15) is 8.42 Å². The van der Waals surface area contributed by atoms with Crippen molar-refractivity contribution >= 4 is 22.1 Å². The molecule has 1 unspecified atom stereocenters. The van der Waals surface area contributed by atoms with Gasteiger partial charge in [-0.2, -0.15) is 5.10 Å². The first-order chi connectivity index (χ1) is 8.88. The van der Waals surface area contributed by atoms with Gasteiger partial charge in [-0.25, -0.2) is 8.42 Å². The van der Waals surface area contributed by atoms with Gasteiger partial charge in [-0.15, -0.1) is 0 Å². The number of hydrogen-bond donors (Lipinski definition) is 1. The zero-order chi connectivity index (χ0) is 14.0. The number of hydrogen-bond acceptors (Lipinski definition) is 5. The van der Waals surface area contributed by atoms with Crippen molar-refractivity contribution in [1.29, 1.82) is 0 Å². The highest BCUT2D eigenvalue weighted by atomic mass is 32.2. The first-order valence-corrected chi connectivity index (χ1v) is 8.10. The number of aromatic amines is 1. The summed E-state index contributed by atoms with van der Waals surface area (Å²) in [5, 5.41) is 6.84. The monoisotopic (exact) mass is 298 g/mol. The van der Waals surface area contributed by atoms with E-state index in [-0.39, 0.29) is 11.8 Å². The summed E-state index contributed by atoms with van der Waals surface area (Å²) in [5.41, 5.74) is 0.787. The van der Waals surface area contributed by atoms with E-state index >= 15 is 0 Å². The Balaban J connectivity index is 2.47. The average molecular weight is 298 g/mol. The summed E-state index contributed by atoms with van der Waals surface area (Å²) >= 11 is 5.17. The first-order valence-electron chi connectivity index (χ1n) is 5.63. The lowest BCUT2D eigenvalue weighted by atomic mass is 10.2. The molecule has 0 saturated carbocycles. The fraction of sp³-hybridized carbons (Fsp3) is 0.364. The highest BCUT2D eigenvalue weighted by Crippen LogP contribution is 2.20. The third-order valence-electron chi connectivity index (χ3n) is 2.61. The minimum Gasteiger partial charge on any atom is -0.296 e. The molecule has 0 saturated heterocycles. The maximum Gasteiger partial charge on any atom is 0.195 e. The molecule has 0 aliphatic heterocycles. The number of rotatable bonds is 4. The second-order valence-electron chi connectivity index (χ2n) is 4.41. The number of nitrogens with zero attached hydrogens (tertiary/aromatic N) is 3. The molecule has 2 aromatic rings. The van der Waals surface area contributed by atoms with E-state index in [2.05, 4.69) is 15.2 Å². The maximum absolute atomic E-state index is 11.4. The first kappa shape index (κ1) is 13.9. The third kappa shape index (κ3) is 3.27. The van der Waals surface area contributed by atoms with Crippen molar-refractivity contribution in [3.8, 4) is 11.4 Å². The second kappa shape index (κ2) is 5.22. The molecule has 2 aromatic heterocycles. The molecule has 102 valence electrons. The van der Waals surface area contributed by atoms with Crippen molar-refractivity contribution in [2.24, 2.45) is 0 Å². The molecular weight excluding hydrogens is 284 g/mol. The zero-order valence-electron chi connectivity index (χ0n) is 10.6. The minimum absolute atomic E-state index is 0.00804. The van der Waals surface area contributed by atoms with Gasteiger partial charge >= 0.3 is 0 Å². The lowest BCUT2D eigenvalue weighted by molar-refractivity contribution is 0.560. The molecule has 8 heteroatoms. The number of pyridine rings is 1. The van der Waals surface area contributed by atoms with Crippen LogP contribution in [0.15, 0.2) is 24.5 Å². The molecule has 19 heavy (non-hydrogen) atoms. The summed E-state index contributed by atoms with van der Waals surface area (Å²) in [6.07, 6.45) is 4.53. The maximum atomic E-state index is 11.4. The molecule has 1 N–H and O–H groups in total. The Hall–Kier alpha value is -1.54. The standard InChI is InChI=1S/C11H14N4O2S2/c1-8(7-19(2,16)17)15-10(13-14-11(15)18)9-4-3-5-12-6-9/h3-6,8H,7H2,1-2H3,(H,14,18). The Morgan fingerprint density at radius 3 is 2.84 bits per heavy atom. The molecular formula is C11H14N4O2S2. The molecule has 0 aromatic carbocycles. The van der Waals surface area contributed by atoms with Crippen LogP contribution in [-0.4, -0.2) is 40.2 Å². The molecule has 0 aliphatic rings. The van der Waals surface area contributed by atoms with Crippen LogP contribution >= 0.6 is 12.2 Å². The predicted molar refractivity (Wildman–Crippen MR) is 75.1 cm³/mol. The second-order valence-corrected chi connectivity index (χ2v) is 6.98. The average Bonchev–Trinajstić information content (AvgIpc) is 2.70. The third-order valence-corrected chi connectivity index (χ3v) is 3.98. The molecule has 1 atom stereocenters. The fourth-order valence-electron chi connectivity index (χ4n) is 1.92. The normalized spacial score (nSPS) is 13.4. The van der Waals surface area contributed by atoms with E-state index in [0.717, 1.165) is 5.56 Å². The van der Waals surface area contributed by atoms with Gasteiger partial charge in [-0.1, -0.05) is 0 Å². The topological polar surface area (TPSA) is 80.6 Å². The molecule has 0 aliphatic carbocycles. The smallest absolute Gasteiger partial charge is 0.195 e. The number of H-pyrrole nitrogens is 1. The van der Waals surface area contributed by atoms with Crippen molar-refractivity contribution in [2.45, 2.75) is 13.0 Å². The van der Waals surface area contributed by atoms with Gasteiger partial charge in [0.2, 0.25) is 0 Å². The van der Waals surface area contributed by atoms with Crippen LogP contribution in [0, 0.1) is 4.77 Å². The van der Waals surface area contributed by atoms with Crippen LogP contribution in [0.4, 0.5) is 0 Å². The van der Waals surface area contributed by atoms with Crippen molar-refractivity contribution in [3.05, 3.63) is 29.3 Å². The van der Waals surface area contributed by atoms with E-state index in [1.807, 2.05) is 6.07 Å². The van der Waals surface area contributed by atoms with Crippen LogP contribution in [0.3, 0.4) is 0 Å². The Kier molecular flexibility index (Phi) is 3.81. The van der Waals surface area contributed by atoms with Gasteiger partial charge in [0.1, 0.15) is 9.84 Å². The Morgan fingerprint density at radius 2 is 2.26 bits per heavy atom. The Labute approximate surface area is 116 Å². The molecule has 0 amide bonds. The molecule has 6 nitrogen and oxygen atoms in total. The lowest BCUT2D eigenvalue weighted by Crippen LogP contribution is -2.17. The summed E-state index contributed by atoms with van der Waals surface area (Å²) in [6, 6.07) is 3.34. The molecule has 2 rings (SSSR count). The van der Waals surface area contributed by atoms with Crippen molar-refractivity contribution in [1.82, 2.24) is 19.7 Å². The van der Waals surface area contributed by atoms with Crippen LogP contribution < -0.4 is 0 Å². The molecule has 0 radical (unpaired) electrons. The summed E-state index contributed by atoms with van der Waals surface area (Å²) in [4.78, 5) is 4.03. The SMILES string of the molecule is CC(CS(C)(=O)=O)n1c(-c2cccnc2)n[nH]c1=S. The molecule has 0 bridgehead atoms. The summed E-state index contributed by atoms with van der Waals surface area (Å²) in [5.74, 6) is 0.600. The van der Waals surface area contributed by atoms with E-state index in [1.165, 1.54) is 6.26 Å². The minimum atomic E-state index is -3.09. The van der Waals surface area contributed by atoms with Crippen molar-refractivity contribution < 1.29 is 8.42 Å². The van der Waals surface area contributed by atoms with Crippen molar-refractivity contribution in [3.63, 3.8) is 0 Å². The van der Waals surface area contributed by atoms with Crippen LogP contribution in [0.25, 0.3) is 11.4 Å². The molecule has 0 spiro atoms. The summed E-state index contributed by atoms with van der Waals surface area (Å²) < 4.78 is 24.9. The van der Waals surface area contributed by atoms with E-state index in [0.29, 0.717) is 10.6 Å². The predicted octanol–water partition coefficient (Wildman–Crippen LogP) is 1.61. The summed E-state index contributed by atoms with van der Waals surface area (Å²) in [6.45, 7) is 1.80. The fourth-order valence-corrected chi connectivity index (χ4v) is 3.26. The Morgan fingerprint density at radius 1 is 1.53 bits per heavy atom. The van der Waals surface area contributed by atoms with Gasteiger partial charge in [0.25, 0.3) is 0 Å². The van der Waals surface area contributed by atoms with Gasteiger partial charge < -0.3 is 0 Å². The zero-order valence-corrected chi connectivity index (χ0v) is 12.2.